The van der Waals surface area contributed by atoms with Gasteiger partial charge in [-0.25, -0.2) is 9.59 Å². The predicted molar refractivity (Wildman–Crippen MR) is 85.2 cm³/mol. The number of nitrogens with one attached hydrogen (secondary N) is 2. The molecule has 23 heavy (non-hydrogen) atoms. The van der Waals surface area contributed by atoms with E-state index in [0.29, 0.717) is 25.3 Å². The van der Waals surface area contributed by atoms with E-state index in [-0.39, 0.29) is 18.1 Å². The van der Waals surface area contributed by atoms with Crippen LogP contribution in [0.25, 0.3) is 0 Å². The number of methoxy groups -OCH3 is 1. The minimum absolute atomic E-state index is 0.215. The molecule has 1 amide bonds. The lowest BCUT2D eigenvalue weighted by molar-refractivity contribution is 0.0290. The number of carbonyl (C=O) groups excluding carboxylic acids is 2. The number of esters is 1. The largest absolute Gasteiger partial charge is 0.464 e. The van der Waals surface area contributed by atoms with Crippen LogP contribution in [0.4, 0.5) is 4.79 Å². The van der Waals surface area contributed by atoms with E-state index in [0.717, 1.165) is 12.1 Å². The Labute approximate surface area is 136 Å². The molecule has 7 nitrogen and oxygen atoms in total. The van der Waals surface area contributed by atoms with Crippen LogP contribution in [0.5, 0.6) is 0 Å². The molecule has 1 atom stereocenters. The summed E-state index contributed by atoms with van der Waals surface area (Å²) in [5.74, 6) is -0.381. The molecule has 2 heterocycles. The minimum Gasteiger partial charge on any atom is -0.464 e. The lowest BCUT2D eigenvalue weighted by atomic mass is 10.2. The highest BCUT2D eigenvalue weighted by molar-refractivity contribution is 5.87. The normalized spacial score (nSPS) is 18.1. The van der Waals surface area contributed by atoms with Gasteiger partial charge in [0.05, 0.1) is 7.11 Å². The maximum absolute atomic E-state index is 12.0. The van der Waals surface area contributed by atoms with E-state index < -0.39 is 5.60 Å². The summed E-state index contributed by atoms with van der Waals surface area (Å²) in [5.41, 5.74) is 0.865. The van der Waals surface area contributed by atoms with Gasteiger partial charge in [0.15, 0.2) is 0 Å². The standard InChI is InChI=1S/C16H25N3O4/c1-16(2,3)23-15(21)19-8-7-12(10-19)17-9-11-5-6-13(18-11)14(20)22-4/h5-6,12,17-18H,7-10H2,1-4H3. The number of rotatable bonds is 4. The maximum atomic E-state index is 12.0. The Morgan fingerprint density at radius 2 is 2.13 bits per heavy atom. The molecule has 0 spiro atoms. The molecule has 0 aliphatic carbocycles. The quantitative estimate of drug-likeness (QED) is 0.827. The molecule has 0 aromatic carbocycles. The molecule has 0 bridgehead atoms. The Morgan fingerprint density at radius 1 is 1.39 bits per heavy atom. The Hall–Kier alpha value is -2.02. The van der Waals surface area contributed by atoms with Crippen molar-refractivity contribution in [2.24, 2.45) is 0 Å². The zero-order valence-corrected chi connectivity index (χ0v) is 14.1. The minimum atomic E-state index is -0.475. The fourth-order valence-corrected chi connectivity index (χ4v) is 2.45. The third-order valence-electron chi connectivity index (χ3n) is 3.57. The zero-order chi connectivity index (χ0) is 17.0. The maximum Gasteiger partial charge on any atom is 0.410 e. The predicted octanol–water partition coefficient (Wildman–Crippen LogP) is 1.90. The number of hydrogen-bond donors (Lipinski definition) is 2. The Kier molecular flexibility index (Phi) is 5.30. The molecule has 128 valence electrons. The Morgan fingerprint density at radius 3 is 2.78 bits per heavy atom. The number of aromatic nitrogens is 1. The van der Waals surface area contributed by atoms with Crippen molar-refractivity contribution in [1.82, 2.24) is 15.2 Å². The van der Waals surface area contributed by atoms with Gasteiger partial charge in [-0.05, 0) is 39.3 Å². The summed E-state index contributed by atoms with van der Waals surface area (Å²) < 4.78 is 10.0. The van der Waals surface area contributed by atoms with Crippen molar-refractivity contribution < 1.29 is 19.1 Å². The van der Waals surface area contributed by atoms with Gasteiger partial charge in [0, 0.05) is 31.4 Å². The average Bonchev–Trinajstić information content (AvgIpc) is 3.11. The van der Waals surface area contributed by atoms with Crippen molar-refractivity contribution in [2.45, 2.75) is 45.4 Å². The molecular weight excluding hydrogens is 298 g/mol. The van der Waals surface area contributed by atoms with Gasteiger partial charge >= 0.3 is 12.1 Å². The second-order valence-corrected chi connectivity index (χ2v) is 6.68. The molecule has 7 heteroatoms. The van der Waals surface area contributed by atoms with Crippen LogP contribution in [0.2, 0.25) is 0 Å². The first-order chi connectivity index (χ1) is 10.8. The van der Waals surface area contributed by atoms with Gasteiger partial charge in [-0.15, -0.1) is 0 Å². The first-order valence-electron chi connectivity index (χ1n) is 7.76. The summed E-state index contributed by atoms with van der Waals surface area (Å²) in [6, 6.07) is 3.76. The molecule has 1 saturated heterocycles. The average molecular weight is 323 g/mol. The number of aromatic amines is 1. The van der Waals surface area contributed by atoms with E-state index in [4.69, 9.17) is 4.74 Å². The molecule has 2 N–H and O–H groups in total. The van der Waals surface area contributed by atoms with Crippen LogP contribution in [0, 0.1) is 0 Å². The van der Waals surface area contributed by atoms with Gasteiger partial charge in [-0.2, -0.15) is 0 Å². The highest BCUT2D eigenvalue weighted by Crippen LogP contribution is 2.15. The van der Waals surface area contributed by atoms with E-state index in [9.17, 15) is 9.59 Å². The molecule has 1 aromatic heterocycles. The summed E-state index contributed by atoms with van der Waals surface area (Å²) in [6.45, 7) is 7.50. The SMILES string of the molecule is COC(=O)c1ccc(CNC2CCN(C(=O)OC(C)(C)C)C2)[nH]1. The highest BCUT2D eigenvalue weighted by Gasteiger charge is 2.29. The third kappa shape index (κ3) is 4.99. The third-order valence-corrected chi connectivity index (χ3v) is 3.57. The van der Waals surface area contributed by atoms with Crippen LogP contribution < -0.4 is 5.32 Å². The molecule has 1 aliphatic rings. The van der Waals surface area contributed by atoms with Crippen LogP contribution in [0.15, 0.2) is 12.1 Å². The molecule has 1 fully saturated rings. The summed E-state index contributed by atoms with van der Waals surface area (Å²) in [6.07, 6.45) is 0.610. The number of amides is 1. The van der Waals surface area contributed by atoms with Crippen LogP contribution in [0.1, 0.15) is 43.4 Å². The fourth-order valence-electron chi connectivity index (χ4n) is 2.45. The molecule has 1 aromatic rings. The number of H-pyrrole nitrogens is 1. The van der Waals surface area contributed by atoms with Crippen molar-refractivity contribution in [3.05, 3.63) is 23.5 Å². The second kappa shape index (κ2) is 7.04. The summed E-state index contributed by atoms with van der Waals surface area (Å²) in [4.78, 5) is 28.1. The van der Waals surface area contributed by atoms with Gasteiger partial charge in [0.2, 0.25) is 0 Å². The summed E-state index contributed by atoms with van der Waals surface area (Å²) in [5, 5.41) is 3.38. The van der Waals surface area contributed by atoms with Crippen molar-refractivity contribution in [2.75, 3.05) is 20.2 Å². The highest BCUT2D eigenvalue weighted by atomic mass is 16.6. The molecule has 2 rings (SSSR count). The Balaban J connectivity index is 1.79. The zero-order valence-electron chi connectivity index (χ0n) is 14.1. The monoisotopic (exact) mass is 323 g/mol. The van der Waals surface area contributed by atoms with Crippen molar-refractivity contribution in [1.29, 1.82) is 0 Å². The van der Waals surface area contributed by atoms with Gasteiger partial charge in [0.1, 0.15) is 11.3 Å². The molecule has 1 unspecified atom stereocenters. The molecular formula is C16H25N3O4. The lowest BCUT2D eigenvalue weighted by Gasteiger charge is -2.24. The van der Waals surface area contributed by atoms with Crippen LogP contribution in [-0.2, 0) is 16.0 Å². The number of carbonyl (C=O) groups is 2. The van der Waals surface area contributed by atoms with Crippen molar-refractivity contribution in [3.63, 3.8) is 0 Å². The van der Waals surface area contributed by atoms with Crippen molar-refractivity contribution >= 4 is 12.1 Å². The van der Waals surface area contributed by atoms with Gasteiger partial charge < -0.3 is 24.7 Å². The lowest BCUT2D eigenvalue weighted by Crippen LogP contribution is -2.38. The van der Waals surface area contributed by atoms with Crippen LogP contribution >= 0.6 is 0 Å². The first kappa shape index (κ1) is 17.3. The molecule has 0 saturated carbocycles. The first-order valence-corrected chi connectivity index (χ1v) is 7.76. The van der Waals surface area contributed by atoms with Crippen molar-refractivity contribution in [3.8, 4) is 0 Å². The Bertz CT molecular complexity index is 562. The van der Waals surface area contributed by atoms with Gasteiger partial charge in [-0.1, -0.05) is 0 Å². The summed E-state index contributed by atoms with van der Waals surface area (Å²) in [7, 11) is 1.35. The van der Waals surface area contributed by atoms with E-state index in [1.54, 1.807) is 11.0 Å². The smallest absolute Gasteiger partial charge is 0.410 e. The van der Waals surface area contributed by atoms with Gasteiger partial charge in [-0.3, -0.25) is 0 Å². The number of likely N-dealkylation sites (tertiary alicyclic amines) is 1. The van der Waals surface area contributed by atoms with Crippen LogP contribution in [0.3, 0.4) is 0 Å². The number of hydrogen-bond acceptors (Lipinski definition) is 5. The van der Waals surface area contributed by atoms with E-state index in [1.165, 1.54) is 7.11 Å². The number of nitrogens with zero attached hydrogens (tertiary/aromatic N) is 1. The van der Waals surface area contributed by atoms with Gasteiger partial charge in [0.25, 0.3) is 0 Å². The summed E-state index contributed by atoms with van der Waals surface area (Å²) >= 11 is 0. The molecule has 1 aliphatic heterocycles. The van der Waals surface area contributed by atoms with E-state index in [1.807, 2.05) is 26.8 Å². The van der Waals surface area contributed by atoms with E-state index >= 15 is 0 Å². The van der Waals surface area contributed by atoms with E-state index in [2.05, 4.69) is 15.0 Å². The topological polar surface area (TPSA) is 83.7 Å². The second-order valence-electron chi connectivity index (χ2n) is 6.68. The van der Waals surface area contributed by atoms with Crippen LogP contribution in [-0.4, -0.2) is 53.8 Å². The molecule has 0 radical (unpaired) electrons. The number of ether oxygens (including phenoxy) is 2. The fraction of sp³-hybridized carbons (Fsp3) is 0.625.